The zero-order valence-corrected chi connectivity index (χ0v) is 9.94. The first kappa shape index (κ1) is 14.0. The highest BCUT2D eigenvalue weighted by atomic mass is 19.1. The Kier molecular flexibility index (Phi) is 5.63. The molecule has 6 heteroatoms. The summed E-state index contributed by atoms with van der Waals surface area (Å²) in [4.78, 5) is 22.0. The molecule has 5 nitrogen and oxygen atoms in total. The van der Waals surface area contributed by atoms with E-state index in [1.54, 1.807) is 12.1 Å². The molecular weight excluding hydrogens is 241 g/mol. The maximum Gasteiger partial charge on any atom is 0.325 e. The number of esters is 1. The molecule has 0 unspecified atom stereocenters. The molecule has 1 rings (SSSR count). The van der Waals surface area contributed by atoms with E-state index in [1.807, 2.05) is 0 Å². The smallest absolute Gasteiger partial charge is 0.325 e. The summed E-state index contributed by atoms with van der Waals surface area (Å²) in [5.41, 5.74) is 0. The average Bonchev–Trinajstić information content (AvgIpc) is 2.38. The van der Waals surface area contributed by atoms with Gasteiger partial charge in [0.15, 0.2) is 11.6 Å². The Hall–Kier alpha value is -2.11. The summed E-state index contributed by atoms with van der Waals surface area (Å²) in [7, 11) is 1.23. The van der Waals surface area contributed by atoms with Gasteiger partial charge in [-0.2, -0.15) is 0 Å². The second-order valence-corrected chi connectivity index (χ2v) is 3.38. The van der Waals surface area contributed by atoms with Gasteiger partial charge in [0.1, 0.15) is 6.54 Å². The molecule has 0 aliphatic carbocycles. The molecule has 0 aromatic heterocycles. The second-order valence-electron chi connectivity index (χ2n) is 3.38. The highest BCUT2D eigenvalue weighted by molar-refractivity contribution is 5.81. The molecule has 0 aliphatic heterocycles. The first-order valence-electron chi connectivity index (χ1n) is 5.34. The first-order valence-corrected chi connectivity index (χ1v) is 5.34. The number of carbonyl (C=O) groups is 2. The molecule has 1 amide bonds. The maximum absolute atomic E-state index is 13.1. The molecule has 0 bridgehead atoms. The molecule has 1 N–H and O–H groups in total. The maximum atomic E-state index is 13.1. The highest BCUT2D eigenvalue weighted by Gasteiger charge is 2.06. The Morgan fingerprint density at radius 1 is 1.33 bits per heavy atom. The van der Waals surface area contributed by atoms with Crippen LogP contribution in [0.15, 0.2) is 24.3 Å². The molecule has 0 saturated heterocycles. The standard InChI is InChI=1S/C12H14FNO4/c1-17-12(16)8-14-11(15)6-7-18-10-5-3-2-4-9(10)13/h2-5H,6-8H2,1H3,(H,14,15). The van der Waals surface area contributed by atoms with Gasteiger partial charge in [0.05, 0.1) is 20.1 Å². The van der Waals surface area contributed by atoms with Gasteiger partial charge < -0.3 is 14.8 Å². The second kappa shape index (κ2) is 7.26. The largest absolute Gasteiger partial charge is 0.490 e. The Bertz CT molecular complexity index is 422. The van der Waals surface area contributed by atoms with Gasteiger partial charge in [0, 0.05) is 0 Å². The summed E-state index contributed by atoms with van der Waals surface area (Å²) in [5.74, 6) is -1.28. The predicted octanol–water partition coefficient (Wildman–Crippen LogP) is 0.884. The minimum Gasteiger partial charge on any atom is -0.490 e. The van der Waals surface area contributed by atoms with Crippen molar-refractivity contribution in [1.29, 1.82) is 0 Å². The van der Waals surface area contributed by atoms with Crippen molar-refractivity contribution in [2.75, 3.05) is 20.3 Å². The first-order chi connectivity index (χ1) is 8.63. The van der Waals surface area contributed by atoms with Gasteiger partial charge in [0.25, 0.3) is 0 Å². The van der Waals surface area contributed by atoms with E-state index < -0.39 is 11.8 Å². The third-order valence-corrected chi connectivity index (χ3v) is 2.08. The number of methoxy groups -OCH3 is 1. The van der Waals surface area contributed by atoms with Gasteiger partial charge in [-0.3, -0.25) is 9.59 Å². The summed E-state index contributed by atoms with van der Waals surface area (Å²) in [6.07, 6.45) is 0.0331. The molecule has 0 saturated carbocycles. The van der Waals surface area contributed by atoms with Crippen LogP contribution in [0.1, 0.15) is 6.42 Å². The van der Waals surface area contributed by atoms with Crippen LogP contribution in [0.2, 0.25) is 0 Å². The van der Waals surface area contributed by atoms with Crippen LogP contribution in [0.4, 0.5) is 4.39 Å². The lowest BCUT2D eigenvalue weighted by atomic mass is 10.3. The summed E-state index contributed by atoms with van der Waals surface area (Å²) < 4.78 is 22.6. The van der Waals surface area contributed by atoms with E-state index >= 15 is 0 Å². The monoisotopic (exact) mass is 255 g/mol. The van der Waals surface area contributed by atoms with Crippen LogP contribution < -0.4 is 10.1 Å². The van der Waals surface area contributed by atoms with Crippen molar-refractivity contribution >= 4 is 11.9 Å². The molecule has 1 aromatic rings. The Morgan fingerprint density at radius 3 is 2.72 bits per heavy atom. The van der Waals surface area contributed by atoms with Crippen molar-refractivity contribution < 1.29 is 23.5 Å². The van der Waals surface area contributed by atoms with Crippen LogP contribution >= 0.6 is 0 Å². The number of hydrogen-bond donors (Lipinski definition) is 1. The number of halogens is 1. The zero-order chi connectivity index (χ0) is 13.4. The fraction of sp³-hybridized carbons (Fsp3) is 0.333. The quantitative estimate of drug-likeness (QED) is 0.766. The van der Waals surface area contributed by atoms with Crippen LogP contribution in [0, 0.1) is 5.82 Å². The number of nitrogens with one attached hydrogen (secondary N) is 1. The molecule has 0 radical (unpaired) electrons. The van der Waals surface area contributed by atoms with Gasteiger partial charge in [-0.05, 0) is 12.1 Å². The number of para-hydroxylation sites is 1. The van der Waals surface area contributed by atoms with Crippen molar-refractivity contribution in [3.8, 4) is 5.75 Å². The van der Waals surface area contributed by atoms with E-state index in [4.69, 9.17) is 4.74 Å². The number of carbonyl (C=O) groups excluding carboxylic acids is 2. The summed E-state index contributed by atoms with van der Waals surface area (Å²) in [6.45, 7) is -0.150. The van der Waals surface area contributed by atoms with Gasteiger partial charge in [0.2, 0.25) is 5.91 Å². The van der Waals surface area contributed by atoms with Crippen molar-refractivity contribution in [2.24, 2.45) is 0 Å². The van der Waals surface area contributed by atoms with E-state index in [0.29, 0.717) is 0 Å². The van der Waals surface area contributed by atoms with Gasteiger partial charge in [-0.15, -0.1) is 0 Å². The number of hydrogen-bond acceptors (Lipinski definition) is 4. The SMILES string of the molecule is COC(=O)CNC(=O)CCOc1ccccc1F. The van der Waals surface area contributed by atoms with Crippen molar-refractivity contribution in [3.05, 3.63) is 30.1 Å². The third kappa shape index (κ3) is 4.82. The molecule has 0 heterocycles. The average molecular weight is 255 g/mol. The zero-order valence-electron chi connectivity index (χ0n) is 9.94. The lowest BCUT2D eigenvalue weighted by Crippen LogP contribution is -2.31. The van der Waals surface area contributed by atoms with Crippen LogP contribution in [0.25, 0.3) is 0 Å². The number of amides is 1. The Balaban J connectivity index is 2.24. The van der Waals surface area contributed by atoms with Crippen molar-refractivity contribution in [3.63, 3.8) is 0 Å². The fourth-order valence-electron chi connectivity index (χ4n) is 1.15. The normalized spacial score (nSPS) is 9.67. The number of ether oxygens (including phenoxy) is 2. The minimum absolute atomic E-state index is 0.0331. The number of benzene rings is 1. The van der Waals surface area contributed by atoms with E-state index in [2.05, 4.69) is 10.1 Å². The fourth-order valence-corrected chi connectivity index (χ4v) is 1.15. The van der Waals surface area contributed by atoms with E-state index in [1.165, 1.54) is 19.2 Å². The molecule has 0 atom stereocenters. The predicted molar refractivity (Wildman–Crippen MR) is 61.5 cm³/mol. The summed E-state index contributed by atoms with van der Waals surface area (Å²) >= 11 is 0. The van der Waals surface area contributed by atoms with Gasteiger partial charge >= 0.3 is 5.97 Å². The van der Waals surface area contributed by atoms with Crippen LogP contribution in [-0.4, -0.2) is 32.1 Å². The molecule has 0 fully saturated rings. The number of rotatable bonds is 6. The Morgan fingerprint density at radius 2 is 2.06 bits per heavy atom. The molecule has 0 aliphatic rings. The van der Waals surface area contributed by atoms with Crippen LogP contribution in [0.3, 0.4) is 0 Å². The van der Waals surface area contributed by atoms with Gasteiger partial charge in [-0.25, -0.2) is 4.39 Å². The third-order valence-electron chi connectivity index (χ3n) is 2.08. The summed E-state index contributed by atoms with van der Waals surface area (Å²) in [5, 5.41) is 2.35. The molecule has 18 heavy (non-hydrogen) atoms. The molecule has 0 spiro atoms. The minimum atomic E-state index is -0.529. The van der Waals surface area contributed by atoms with Crippen molar-refractivity contribution in [2.45, 2.75) is 6.42 Å². The van der Waals surface area contributed by atoms with Crippen molar-refractivity contribution in [1.82, 2.24) is 5.32 Å². The lowest BCUT2D eigenvalue weighted by molar-refractivity contribution is -0.141. The van der Waals surface area contributed by atoms with Crippen LogP contribution in [0.5, 0.6) is 5.75 Å². The Labute approximate surface area is 104 Å². The molecule has 1 aromatic carbocycles. The lowest BCUT2D eigenvalue weighted by Gasteiger charge is -2.07. The molecule has 98 valence electrons. The van der Waals surface area contributed by atoms with E-state index in [9.17, 15) is 14.0 Å². The van der Waals surface area contributed by atoms with Gasteiger partial charge in [-0.1, -0.05) is 12.1 Å². The molecular formula is C12H14FNO4. The highest BCUT2D eigenvalue weighted by Crippen LogP contribution is 2.15. The van der Waals surface area contributed by atoms with E-state index in [-0.39, 0.29) is 31.2 Å². The summed E-state index contributed by atoms with van der Waals surface area (Å²) in [6, 6.07) is 5.93. The van der Waals surface area contributed by atoms with E-state index in [0.717, 1.165) is 0 Å². The topological polar surface area (TPSA) is 64.6 Å². The van der Waals surface area contributed by atoms with Crippen LogP contribution in [-0.2, 0) is 14.3 Å².